The second kappa shape index (κ2) is 7.43. The van der Waals surface area contributed by atoms with Gasteiger partial charge in [-0.2, -0.15) is 0 Å². The summed E-state index contributed by atoms with van der Waals surface area (Å²) in [6.07, 6.45) is 3.25. The minimum atomic E-state index is 0. The van der Waals surface area contributed by atoms with Crippen molar-refractivity contribution in [1.29, 1.82) is 0 Å². The third-order valence-corrected chi connectivity index (χ3v) is 4.33. The van der Waals surface area contributed by atoms with E-state index in [1.807, 2.05) is 36.9 Å². The van der Waals surface area contributed by atoms with Gasteiger partial charge in [-0.1, -0.05) is 15.9 Å². The summed E-state index contributed by atoms with van der Waals surface area (Å²) >= 11 is 3.43. The Morgan fingerprint density at radius 1 is 1.45 bits per heavy atom. The molecule has 0 aliphatic carbocycles. The topological polar surface area (TPSA) is 46.3 Å². The van der Waals surface area contributed by atoms with E-state index in [0.717, 1.165) is 41.4 Å². The Balaban J connectivity index is 0.00000200. The van der Waals surface area contributed by atoms with Gasteiger partial charge in [0.2, 0.25) is 0 Å². The smallest absolute Gasteiger partial charge is 0.254 e. The number of nitrogens with two attached hydrogens (primary N) is 1. The molecule has 0 saturated carbocycles. The number of likely N-dealkylation sites (tertiary alicyclic amines) is 1. The maximum Gasteiger partial charge on any atom is 0.254 e. The van der Waals surface area contributed by atoms with Crippen LogP contribution in [-0.4, -0.2) is 29.4 Å². The minimum Gasteiger partial charge on any atom is -0.334 e. The molecule has 1 aromatic carbocycles. The fraction of sp³-hybridized carbons (Fsp3) is 0.533. The lowest BCUT2D eigenvalue weighted by molar-refractivity contribution is 0.0583. The summed E-state index contributed by atoms with van der Waals surface area (Å²) in [6.45, 7) is 4.79. The second-order valence-electron chi connectivity index (χ2n) is 5.38. The quantitative estimate of drug-likeness (QED) is 0.876. The predicted octanol–water partition coefficient (Wildman–Crippen LogP) is 3.52. The highest BCUT2D eigenvalue weighted by Crippen LogP contribution is 2.24. The van der Waals surface area contributed by atoms with Crippen molar-refractivity contribution in [2.45, 2.75) is 45.2 Å². The maximum atomic E-state index is 12.7. The summed E-state index contributed by atoms with van der Waals surface area (Å²) in [4.78, 5) is 14.7. The summed E-state index contributed by atoms with van der Waals surface area (Å²) < 4.78 is 1.00. The molecule has 2 rings (SSSR count). The summed E-state index contributed by atoms with van der Waals surface area (Å²) in [7, 11) is 0. The maximum absolute atomic E-state index is 12.7. The van der Waals surface area contributed by atoms with E-state index in [-0.39, 0.29) is 30.4 Å². The number of benzene rings is 1. The molecular weight excluding hydrogens is 340 g/mol. The SMILES string of the molecule is Cc1cc(Br)ccc1C(=O)N1CCCCC1C(C)N.Cl. The Labute approximate surface area is 135 Å². The fourth-order valence-electron chi connectivity index (χ4n) is 2.78. The summed E-state index contributed by atoms with van der Waals surface area (Å²) in [5.41, 5.74) is 7.83. The summed E-state index contributed by atoms with van der Waals surface area (Å²) in [6, 6.07) is 6.00. The van der Waals surface area contributed by atoms with Crippen LogP contribution in [0.25, 0.3) is 0 Å². The van der Waals surface area contributed by atoms with Gasteiger partial charge >= 0.3 is 0 Å². The van der Waals surface area contributed by atoms with Crippen molar-refractivity contribution in [3.8, 4) is 0 Å². The van der Waals surface area contributed by atoms with Crippen molar-refractivity contribution in [3.63, 3.8) is 0 Å². The first-order valence-electron chi connectivity index (χ1n) is 6.83. The molecule has 0 aromatic heterocycles. The Bertz CT molecular complexity index is 479. The van der Waals surface area contributed by atoms with Crippen molar-refractivity contribution >= 4 is 34.2 Å². The third-order valence-electron chi connectivity index (χ3n) is 3.84. The Hall–Kier alpha value is -0.580. The molecule has 1 aliphatic heterocycles. The van der Waals surface area contributed by atoms with E-state index < -0.39 is 0 Å². The fourth-order valence-corrected chi connectivity index (χ4v) is 3.25. The molecule has 0 radical (unpaired) electrons. The first-order chi connectivity index (χ1) is 9.00. The molecule has 1 amide bonds. The number of piperidine rings is 1. The van der Waals surface area contributed by atoms with Gasteiger partial charge in [-0.05, 0) is 56.9 Å². The molecule has 0 spiro atoms. The van der Waals surface area contributed by atoms with Gasteiger partial charge in [-0.3, -0.25) is 4.79 Å². The van der Waals surface area contributed by atoms with Gasteiger partial charge in [0.25, 0.3) is 5.91 Å². The first-order valence-corrected chi connectivity index (χ1v) is 7.62. The minimum absolute atomic E-state index is 0. The molecule has 3 nitrogen and oxygen atoms in total. The standard InChI is InChI=1S/C15H21BrN2O.ClH/c1-10-9-12(16)6-7-13(10)15(19)18-8-4-3-5-14(18)11(2)17;/h6-7,9,11,14H,3-5,8,17H2,1-2H3;1H. The van der Waals surface area contributed by atoms with E-state index in [1.165, 1.54) is 0 Å². The van der Waals surface area contributed by atoms with E-state index in [9.17, 15) is 4.79 Å². The number of nitrogens with zero attached hydrogens (tertiary/aromatic N) is 1. The highest BCUT2D eigenvalue weighted by atomic mass is 79.9. The van der Waals surface area contributed by atoms with Gasteiger partial charge in [0.15, 0.2) is 0 Å². The summed E-state index contributed by atoms with van der Waals surface area (Å²) in [5, 5.41) is 0. The van der Waals surface area contributed by atoms with Crippen molar-refractivity contribution in [2.75, 3.05) is 6.54 Å². The molecular formula is C15H22BrClN2O. The lowest BCUT2D eigenvalue weighted by atomic mass is 9.95. The predicted molar refractivity (Wildman–Crippen MR) is 88.5 cm³/mol. The zero-order chi connectivity index (χ0) is 14.0. The lowest BCUT2D eigenvalue weighted by Gasteiger charge is -2.38. The highest BCUT2D eigenvalue weighted by Gasteiger charge is 2.30. The number of hydrogen-bond donors (Lipinski definition) is 1. The van der Waals surface area contributed by atoms with Crippen LogP contribution in [0.1, 0.15) is 42.1 Å². The monoisotopic (exact) mass is 360 g/mol. The molecule has 1 aliphatic rings. The molecule has 0 bridgehead atoms. The van der Waals surface area contributed by atoms with Gasteiger partial charge in [0, 0.05) is 28.7 Å². The molecule has 1 heterocycles. The van der Waals surface area contributed by atoms with Crippen molar-refractivity contribution in [2.24, 2.45) is 5.73 Å². The van der Waals surface area contributed by atoms with Crippen molar-refractivity contribution in [1.82, 2.24) is 4.90 Å². The molecule has 1 saturated heterocycles. The molecule has 2 unspecified atom stereocenters. The van der Waals surface area contributed by atoms with Crippen molar-refractivity contribution in [3.05, 3.63) is 33.8 Å². The Kier molecular flexibility index (Phi) is 6.49. The molecule has 1 aromatic rings. The number of amides is 1. The van der Waals surface area contributed by atoms with Gasteiger partial charge in [0.1, 0.15) is 0 Å². The second-order valence-corrected chi connectivity index (χ2v) is 6.30. The molecule has 5 heteroatoms. The van der Waals surface area contributed by atoms with Crippen LogP contribution in [0.2, 0.25) is 0 Å². The van der Waals surface area contributed by atoms with E-state index in [2.05, 4.69) is 15.9 Å². The molecule has 2 atom stereocenters. The van der Waals surface area contributed by atoms with E-state index in [0.29, 0.717) is 0 Å². The largest absolute Gasteiger partial charge is 0.334 e. The molecule has 20 heavy (non-hydrogen) atoms. The van der Waals surface area contributed by atoms with Crippen LogP contribution in [0, 0.1) is 6.92 Å². The lowest BCUT2D eigenvalue weighted by Crippen LogP contribution is -2.51. The number of carbonyl (C=O) groups is 1. The van der Waals surface area contributed by atoms with Crippen LogP contribution in [-0.2, 0) is 0 Å². The Morgan fingerprint density at radius 3 is 2.75 bits per heavy atom. The number of hydrogen-bond acceptors (Lipinski definition) is 2. The number of halogens is 2. The zero-order valence-electron chi connectivity index (χ0n) is 11.9. The van der Waals surface area contributed by atoms with Crippen LogP contribution >= 0.6 is 28.3 Å². The first kappa shape index (κ1) is 17.5. The number of carbonyl (C=O) groups excluding carboxylic acids is 1. The molecule has 112 valence electrons. The van der Waals surface area contributed by atoms with Gasteiger partial charge < -0.3 is 10.6 Å². The number of aryl methyl sites for hydroxylation is 1. The van der Waals surface area contributed by atoms with Crippen molar-refractivity contribution < 1.29 is 4.79 Å². The van der Waals surface area contributed by atoms with E-state index >= 15 is 0 Å². The van der Waals surface area contributed by atoms with Crippen LogP contribution < -0.4 is 5.73 Å². The molecule has 1 fully saturated rings. The van der Waals surface area contributed by atoms with Crippen LogP contribution in [0.5, 0.6) is 0 Å². The van der Waals surface area contributed by atoms with E-state index in [4.69, 9.17) is 5.73 Å². The normalized spacial score (nSPS) is 20.2. The van der Waals surface area contributed by atoms with Crippen LogP contribution in [0.3, 0.4) is 0 Å². The van der Waals surface area contributed by atoms with Crippen LogP contribution in [0.15, 0.2) is 22.7 Å². The van der Waals surface area contributed by atoms with Gasteiger partial charge in [-0.25, -0.2) is 0 Å². The zero-order valence-corrected chi connectivity index (χ0v) is 14.3. The highest BCUT2D eigenvalue weighted by molar-refractivity contribution is 9.10. The molecule has 2 N–H and O–H groups in total. The average molecular weight is 362 g/mol. The average Bonchev–Trinajstić information content (AvgIpc) is 2.38. The van der Waals surface area contributed by atoms with Gasteiger partial charge in [-0.15, -0.1) is 12.4 Å². The number of rotatable bonds is 2. The van der Waals surface area contributed by atoms with Crippen LogP contribution in [0.4, 0.5) is 0 Å². The third kappa shape index (κ3) is 3.74. The van der Waals surface area contributed by atoms with E-state index in [1.54, 1.807) is 0 Å². The van der Waals surface area contributed by atoms with Gasteiger partial charge in [0.05, 0.1) is 0 Å². The summed E-state index contributed by atoms with van der Waals surface area (Å²) in [5.74, 6) is 0.118. The Morgan fingerprint density at radius 2 is 2.15 bits per heavy atom.